The molecule has 1 aromatic rings. The predicted octanol–water partition coefficient (Wildman–Crippen LogP) is 5.66. The number of hydrogen-bond donors (Lipinski definition) is 0. The van der Waals surface area contributed by atoms with Gasteiger partial charge in [-0.05, 0) is 61.3 Å². The topological polar surface area (TPSA) is 17.1 Å². The van der Waals surface area contributed by atoms with Crippen molar-refractivity contribution in [1.82, 2.24) is 0 Å². The van der Waals surface area contributed by atoms with Crippen molar-refractivity contribution in [1.29, 1.82) is 0 Å². The molecule has 21 heavy (non-hydrogen) atoms. The molecule has 1 heterocycles. The minimum Gasteiger partial charge on any atom is -0.290 e. The fourth-order valence-electron chi connectivity index (χ4n) is 2.94. The van der Waals surface area contributed by atoms with E-state index in [0.29, 0.717) is 5.92 Å². The van der Waals surface area contributed by atoms with Crippen LogP contribution >= 0.6 is 11.3 Å². The molecule has 1 aromatic heterocycles. The molecular formula is C19H24OS. The fraction of sp³-hybridized carbons (Fsp3) is 0.421. The molecule has 0 saturated heterocycles. The second-order valence-corrected chi connectivity index (χ2v) is 7.50. The molecule has 0 aromatic carbocycles. The van der Waals surface area contributed by atoms with Crippen molar-refractivity contribution in [2.45, 2.75) is 40.5 Å². The smallest absolute Gasteiger partial charge is 0.181 e. The third-order valence-corrected chi connectivity index (χ3v) is 5.17. The first-order chi connectivity index (χ1) is 9.90. The van der Waals surface area contributed by atoms with Gasteiger partial charge in [-0.1, -0.05) is 37.6 Å². The first-order valence-corrected chi connectivity index (χ1v) is 8.39. The number of rotatable bonds is 4. The van der Waals surface area contributed by atoms with Gasteiger partial charge in [-0.25, -0.2) is 0 Å². The van der Waals surface area contributed by atoms with Crippen molar-refractivity contribution in [3.8, 4) is 0 Å². The normalized spacial score (nSPS) is 22.4. The number of carbonyl (C=O) groups excluding carboxylic acids is 1. The Morgan fingerprint density at radius 1 is 1.43 bits per heavy atom. The van der Waals surface area contributed by atoms with E-state index in [0.717, 1.165) is 16.9 Å². The molecule has 112 valence electrons. The summed E-state index contributed by atoms with van der Waals surface area (Å²) in [5, 5.41) is 2.02. The van der Waals surface area contributed by atoms with Crippen LogP contribution in [0.15, 0.2) is 46.9 Å². The van der Waals surface area contributed by atoms with E-state index in [-0.39, 0.29) is 11.2 Å². The highest BCUT2D eigenvalue weighted by molar-refractivity contribution is 7.10. The van der Waals surface area contributed by atoms with Gasteiger partial charge in [0, 0.05) is 10.8 Å². The molecule has 2 heteroatoms. The molecular weight excluding hydrogens is 276 g/mol. The van der Waals surface area contributed by atoms with Gasteiger partial charge in [-0.3, -0.25) is 4.79 Å². The lowest BCUT2D eigenvalue weighted by molar-refractivity contribution is -0.111. The van der Waals surface area contributed by atoms with Gasteiger partial charge < -0.3 is 0 Å². The largest absolute Gasteiger partial charge is 0.290 e. The van der Waals surface area contributed by atoms with E-state index in [1.54, 1.807) is 17.4 Å². The molecule has 0 fully saturated rings. The van der Waals surface area contributed by atoms with Gasteiger partial charge in [0.05, 0.1) is 0 Å². The lowest BCUT2D eigenvalue weighted by Crippen LogP contribution is -2.26. The first-order valence-electron chi connectivity index (χ1n) is 7.51. The van der Waals surface area contributed by atoms with E-state index in [9.17, 15) is 4.79 Å². The molecule has 1 aliphatic rings. The monoisotopic (exact) mass is 300 g/mol. The Morgan fingerprint density at radius 3 is 2.81 bits per heavy atom. The lowest BCUT2D eigenvalue weighted by atomic mass is 9.68. The third-order valence-electron chi connectivity index (χ3n) is 4.33. The molecule has 0 saturated carbocycles. The maximum absolute atomic E-state index is 12.3. The molecule has 0 aliphatic heterocycles. The average Bonchev–Trinajstić information content (AvgIpc) is 2.93. The van der Waals surface area contributed by atoms with Crippen molar-refractivity contribution >= 4 is 23.2 Å². The Labute approximate surface area is 132 Å². The van der Waals surface area contributed by atoms with Gasteiger partial charge in [0.15, 0.2) is 5.78 Å². The van der Waals surface area contributed by atoms with Crippen molar-refractivity contribution in [3.63, 3.8) is 0 Å². The van der Waals surface area contributed by atoms with E-state index in [4.69, 9.17) is 0 Å². The van der Waals surface area contributed by atoms with Crippen LogP contribution < -0.4 is 0 Å². The van der Waals surface area contributed by atoms with E-state index in [1.807, 2.05) is 30.5 Å². The van der Waals surface area contributed by atoms with Crippen LogP contribution in [0.1, 0.15) is 45.4 Å². The van der Waals surface area contributed by atoms with Crippen molar-refractivity contribution in [2.24, 2.45) is 11.3 Å². The number of allylic oxidation sites excluding steroid dienone is 5. The van der Waals surface area contributed by atoms with E-state index in [2.05, 4.69) is 32.9 Å². The van der Waals surface area contributed by atoms with Gasteiger partial charge in [0.2, 0.25) is 0 Å². The SMILES string of the molecule is CC1=CCCC(C)(C)C1/C=C(\C)C(=O)/C=C/c1cccs1. The Balaban J connectivity index is 2.14. The van der Waals surface area contributed by atoms with Gasteiger partial charge >= 0.3 is 0 Å². The quantitative estimate of drug-likeness (QED) is 0.518. The highest BCUT2D eigenvalue weighted by atomic mass is 32.1. The van der Waals surface area contributed by atoms with Crippen LogP contribution in [0.2, 0.25) is 0 Å². The molecule has 0 N–H and O–H groups in total. The Bertz CT molecular complexity index is 585. The van der Waals surface area contributed by atoms with Crippen LogP contribution in [0, 0.1) is 11.3 Å². The molecule has 2 rings (SSSR count). The van der Waals surface area contributed by atoms with Gasteiger partial charge in [-0.15, -0.1) is 11.3 Å². The summed E-state index contributed by atoms with van der Waals surface area (Å²) in [5.41, 5.74) is 2.47. The number of carbonyl (C=O) groups is 1. The molecule has 1 atom stereocenters. The van der Waals surface area contributed by atoms with Crippen LogP contribution in [0.5, 0.6) is 0 Å². The molecule has 0 bridgehead atoms. The summed E-state index contributed by atoms with van der Waals surface area (Å²) in [4.78, 5) is 13.4. The number of ketones is 1. The third kappa shape index (κ3) is 4.04. The summed E-state index contributed by atoms with van der Waals surface area (Å²) >= 11 is 1.64. The molecule has 0 spiro atoms. The highest BCUT2D eigenvalue weighted by Gasteiger charge is 2.31. The Morgan fingerprint density at radius 2 is 2.19 bits per heavy atom. The maximum atomic E-state index is 12.3. The average molecular weight is 300 g/mol. The van der Waals surface area contributed by atoms with Crippen LogP contribution in [-0.4, -0.2) is 5.78 Å². The van der Waals surface area contributed by atoms with Gasteiger partial charge in [-0.2, -0.15) is 0 Å². The zero-order chi connectivity index (χ0) is 15.5. The fourth-order valence-corrected chi connectivity index (χ4v) is 3.55. The zero-order valence-corrected chi connectivity index (χ0v) is 14.2. The summed E-state index contributed by atoms with van der Waals surface area (Å²) in [5.74, 6) is 0.475. The van der Waals surface area contributed by atoms with E-state index < -0.39 is 0 Å². The minimum absolute atomic E-state index is 0.109. The number of hydrogen-bond acceptors (Lipinski definition) is 2. The summed E-state index contributed by atoms with van der Waals surface area (Å²) in [6, 6.07) is 4.01. The molecule has 1 unspecified atom stereocenters. The second-order valence-electron chi connectivity index (χ2n) is 6.52. The van der Waals surface area contributed by atoms with E-state index in [1.165, 1.54) is 12.0 Å². The Kier molecular flexibility index (Phi) is 5.00. The standard InChI is InChI=1S/C19H24OS/c1-14-7-5-11-19(3,4)17(14)13-15(2)18(20)10-9-16-8-6-12-21-16/h6-10,12-13,17H,5,11H2,1-4H3/b10-9+,15-13+. The van der Waals surface area contributed by atoms with Crippen LogP contribution in [0.4, 0.5) is 0 Å². The Hall–Kier alpha value is -1.41. The van der Waals surface area contributed by atoms with Crippen molar-refractivity contribution < 1.29 is 4.79 Å². The lowest BCUT2D eigenvalue weighted by Gasteiger charge is -2.37. The summed E-state index contributed by atoms with van der Waals surface area (Å²) in [7, 11) is 0. The zero-order valence-electron chi connectivity index (χ0n) is 13.3. The van der Waals surface area contributed by atoms with Crippen molar-refractivity contribution in [3.05, 3.63) is 51.8 Å². The van der Waals surface area contributed by atoms with Crippen LogP contribution in [0.25, 0.3) is 6.08 Å². The molecule has 0 radical (unpaired) electrons. The molecule has 0 amide bonds. The molecule has 1 aliphatic carbocycles. The second kappa shape index (κ2) is 6.57. The number of thiophene rings is 1. The maximum Gasteiger partial charge on any atom is 0.181 e. The highest BCUT2D eigenvalue weighted by Crippen LogP contribution is 2.42. The summed E-state index contributed by atoms with van der Waals surface area (Å²) in [6.45, 7) is 8.70. The van der Waals surface area contributed by atoms with Gasteiger partial charge in [0.25, 0.3) is 0 Å². The van der Waals surface area contributed by atoms with Crippen LogP contribution in [0.3, 0.4) is 0 Å². The first kappa shape index (κ1) is 16.0. The summed E-state index contributed by atoms with van der Waals surface area (Å²) < 4.78 is 0. The van der Waals surface area contributed by atoms with Crippen LogP contribution in [-0.2, 0) is 4.79 Å². The summed E-state index contributed by atoms with van der Waals surface area (Å²) in [6.07, 6.45) is 10.4. The van der Waals surface area contributed by atoms with E-state index >= 15 is 0 Å². The van der Waals surface area contributed by atoms with Gasteiger partial charge in [0.1, 0.15) is 0 Å². The molecule has 1 nitrogen and oxygen atoms in total. The minimum atomic E-state index is 0.109. The predicted molar refractivity (Wildman–Crippen MR) is 92.4 cm³/mol. The van der Waals surface area contributed by atoms with Crippen molar-refractivity contribution in [2.75, 3.05) is 0 Å².